The van der Waals surface area contributed by atoms with E-state index in [0.717, 1.165) is 12.8 Å². The fourth-order valence-corrected chi connectivity index (χ4v) is 3.15. The molecule has 126 valence electrons. The molecule has 1 fully saturated rings. The fourth-order valence-electron chi connectivity index (χ4n) is 2.96. The van der Waals surface area contributed by atoms with Gasteiger partial charge in [-0.05, 0) is 25.0 Å². The summed E-state index contributed by atoms with van der Waals surface area (Å²) >= 11 is 5.79. The molecule has 2 aromatic rings. The maximum Gasteiger partial charge on any atom is 0.288 e. The second kappa shape index (κ2) is 6.20. The lowest BCUT2D eigenvalue weighted by atomic mass is 9.96. The summed E-state index contributed by atoms with van der Waals surface area (Å²) < 4.78 is 5.04. The normalized spacial score (nSPS) is 16.1. The minimum atomic E-state index is -0.705. The van der Waals surface area contributed by atoms with Gasteiger partial charge in [-0.3, -0.25) is 14.9 Å². The number of aromatic nitrogens is 2. The van der Waals surface area contributed by atoms with E-state index in [2.05, 4.69) is 15.5 Å². The number of nitrogens with one attached hydrogen (secondary N) is 1. The van der Waals surface area contributed by atoms with E-state index in [0.29, 0.717) is 24.6 Å². The summed E-state index contributed by atoms with van der Waals surface area (Å²) in [6.45, 7) is 1.68. The van der Waals surface area contributed by atoms with Gasteiger partial charge in [-0.15, -0.1) is 0 Å². The molecule has 3 rings (SSSR count). The molecule has 0 unspecified atom stereocenters. The van der Waals surface area contributed by atoms with Gasteiger partial charge in [-0.1, -0.05) is 29.6 Å². The standard InChI is InChI=1S/C15H15ClN4O4/c1-9-17-14(19-24-9)15(6-2-3-7-15)18-13(21)10-4-5-11(16)12(8-10)20(22)23/h4-5,8H,2-3,6-7H2,1H3,(H,18,21). The molecule has 0 spiro atoms. The molecule has 1 aromatic heterocycles. The number of carbonyl (C=O) groups is 1. The molecule has 1 aliphatic rings. The molecule has 1 N–H and O–H groups in total. The molecule has 24 heavy (non-hydrogen) atoms. The van der Waals surface area contributed by atoms with Crippen LogP contribution >= 0.6 is 11.6 Å². The molecule has 0 radical (unpaired) electrons. The Kier molecular flexibility index (Phi) is 4.23. The highest BCUT2D eigenvalue weighted by molar-refractivity contribution is 6.32. The molecule has 1 aliphatic carbocycles. The Morgan fingerprint density at radius 1 is 1.42 bits per heavy atom. The highest BCUT2D eigenvalue weighted by Crippen LogP contribution is 2.37. The molecule has 1 heterocycles. The third-order valence-corrected chi connectivity index (χ3v) is 4.49. The lowest BCUT2D eigenvalue weighted by molar-refractivity contribution is -0.384. The van der Waals surface area contributed by atoms with Crippen molar-refractivity contribution in [2.24, 2.45) is 0 Å². The first-order valence-electron chi connectivity index (χ1n) is 7.48. The van der Waals surface area contributed by atoms with Crippen LogP contribution in [-0.2, 0) is 5.54 Å². The highest BCUT2D eigenvalue weighted by Gasteiger charge is 2.41. The molecule has 0 saturated heterocycles. The van der Waals surface area contributed by atoms with Crippen LogP contribution in [0.5, 0.6) is 0 Å². The van der Waals surface area contributed by atoms with Gasteiger partial charge >= 0.3 is 0 Å². The van der Waals surface area contributed by atoms with E-state index in [1.54, 1.807) is 6.92 Å². The van der Waals surface area contributed by atoms with Crippen LogP contribution in [0, 0.1) is 17.0 Å². The molecular formula is C15H15ClN4O4. The average molecular weight is 351 g/mol. The molecular weight excluding hydrogens is 336 g/mol. The monoisotopic (exact) mass is 350 g/mol. The Morgan fingerprint density at radius 3 is 2.71 bits per heavy atom. The summed E-state index contributed by atoms with van der Waals surface area (Å²) in [4.78, 5) is 27.2. The summed E-state index contributed by atoms with van der Waals surface area (Å²) in [6, 6.07) is 3.96. The summed E-state index contributed by atoms with van der Waals surface area (Å²) in [5, 5.41) is 17.9. The van der Waals surface area contributed by atoms with Gasteiger partial charge < -0.3 is 9.84 Å². The van der Waals surface area contributed by atoms with Crippen LogP contribution in [0.15, 0.2) is 22.7 Å². The first kappa shape index (κ1) is 16.4. The predicted molar refractivity (Wildman–Crippen MR) is 84.8 cm³/mol. The molecule has 1 amide bonds. The van der Waals surface area contributed by atoms with Crippen molar-refractivity contribution < 1.29 is 14.2 Å². The summed E-state index contributed by atoms with van der Waals surface area (Å²) in [5.74, 6) is 0.432. The summed E-state index contributed by atoms with van der Waals surface area (Å²) in [6.07, 6.45) is 3.23. The number of hydrogen-bond acceptors (Lipinski definition) is 6. The SMILES string of the molecule is Cc1nc(C2(NC(=O)c3ccc(Cl)c([N+](=O)[O-])c3)CCCC2)no1. The third-order valence-electron chi connectivity index (χ3n) is 4.17. The zero-order valence-electron chi connectivity index (χ0n) is 12.9. The molecule has 1 saturated carbocycles. The molecule has 0 atom stereocenters. The van der Waals surface area contributed by atoms with E-state index < -0.39 is 16.4 Å². The molecule has 0 bridgehead atoms. The van der Waals surface area contributed by atoms with E-state index in [9.17, 15) is 14.9 Å². The van der Waals surface area contributed by atoms with Crippen LogP contribution in [0.2, 0.25) is 5.02 Å². The zero-order chi connectivity index (χ0) is 17.3. The van der Waals surface area contributed by atoms with Crippen LogP contribution < -0.4 is 5.32 Å². The number of benzene rings is 1. The van der Waals surface area contributed by atoms with Gasteiger partial charge in [0.25, 0.3) is 11.6 Å². The number of amides is 1. The van der Waals surface area contributed by atoms with Crippen molar-refractivity contribution in [2.75, 3.05) is 0 Å². The third kappa shape index (κ3) is 2.96. The minimum absolute atomic E-state index is 0.0130. The lowest BCUT2D eigenvalue weighted by Gasteiger charge is -2.26. The Morgan fingerprint density at radius 2 is 2.12 bits per heavy atom. The van der Waals surface area contributed by atoms with E-state index in [4.69, 9.17) is 16.1 Å². The largest absolute Gasteiger partial charge is 0.340 e. The van der Waals surface area contributed by atoms with Gasteiger partial charge in [0.1, 0.15) is 10.6 Å². The number of rotatable bonds is 4. The van der Waals surface area contributed by atoms with Crippen LogP contribution in [0.25, 0.3) is 0 Å². The molecule has 9 heteroatoms. The maximum absolute atomic E-state index is 12.6. The van der Waals surface area contributed by atoms with Crippen molar-refractivity contribution in [1.29, 1.82) is 0 Å². The Bertz CT molecular complexity index is 799. The maximum atomic E-state index is 12.6. The van der Waals surface area contributed by atoms with Crippen molar-refractivity contribution >= 4 is 23.2 Å². The van der Waals surface area contributed by atoms with E-state index in [1.165, 1.54) is 18.2 Å². The van der Waals surface area contributed by atoms with Crippen LogP contribution in [0.1, 0.15) is 47.8 Å². The molecule has 8 nitrogen and oxygen atoms in total. The quantitative estimate of drug-likeness (QED) is 0.669. The fraction of sp³-hybridized carbons (Fsp3) is 0.400. The van der Waals surface area contributed by atoms with Crippen LogP contribution in [0.3, 0.4) is 0 Å². The van der Waals surface area contributed by atoms with Crippen LogP contribution in [-0.4, -0.2) is 21.0 Å². The number of nitro groups is 1. The lowest BCUT2D eigenvalue weighted by Crippen LogP contribution is -2.44. The van der Waals surface area contributed by atoms with E-state index in [-0.39, 0.29) is 16.3 Å². The second-order valence-electron chi connectivity index (χ2n) is 5.80. The Balaban J connectivity index is 1.90. The van der Waals surface area contributed by atoms with Crippen LogP contribution in [0.4, 0.5) is 5.69 Å². The van der Waals surface area contributed by atoms with Crippen molar-refractivity contribution in [2.45, 2.75) is 38.1 Å². The number of nitro benzene ring substituents is 1. The first-order valence-corrected chi connectivity index (χ1v) is 7.86. The average Bonchev–Trinajstić information content (AvgIpc) is 3.17. The number of carbonyl (C=O) groups excluding carboxylic acids is 1. The smallest absolute Gasteiger partial charge is 0.288 e. The van der Waals surface area contributed by atoms with E-state index >= 15 is 0 Å². The number of aryl methyl sites for hydroxylation is 1. The van der Waals surface area contributed by atoms with Gasteiger partial charge in [0.2, 0.25) is 5.89 Å². The topological polar surface area (TPSA) is 111 Å². The Hall–Kier alpha value is -2.48. The Labute approximate surface area is 142 Å². The van der Waals surface area contributed by atoms with Gasteiger partial charge in [0.15, 0.2) is 5.82 Å². The number of halogens is 1. The van der Waals surface area contributed by atoms with Crippen molar-refractivity contribution in [3.8, 4) is 0 Å². The second-order valence-corrected chi connectivity index (χ2v) is 6.21. The number of hydrogen-bond donors (Lipinski definition) is 1. The summed E-state index contributed by atoms with van der Waals surface area (Å²) in [7, 11) is 0. The van der Waals surface area contributed by atoms with Gasteiger partial charge in [0.05, 0.1) is 4.92 Å². The minimum Gasteiger partial charge on any atom is -0.340 e. The highest BCUT2D eigenvalue weighted by atomic mass is 35.5. The van der Waals surface area contributed by atoms with Crippen molar-refractivity contribution in [3.05, 3.63) is 50.6 Å². The molecule has 1 aromatic carbocycles. The zero-order valence-corrected chi connectivity index (χ0v) is 13.7. The van der Waals surface area contributed by atoms with E-state index in [1.807, 2.05) is 0 Å². The van der Waals surface area contributed by atoms with Gasteiger partial charge in [-0.25, -0.2) is 0 Å². The van der Waals surface area contributed by atoms with Gasteiger partial charge in [0, 0.05) is 18.6 Å². The number of nitrogens with zero attached hydrogens (tertiary/aromatic N) is 3. The van der Waals surface area contributed by atoms with Crippen molar-refractivity contribution in [3.63, 3.8) is 0 Å². The van der Waals surface area contributed by atoms with Gasteiger partial charge in [-0.2, -0.15) is 4.98 Å². The van der Waals surface area contributed by atoms with Crippen molar-refractivity contribution in [1.82, 2.24) is 15.5 Å². The predicted octanol–water partition coefficient (Wildman–Crippen LogP) is 3.14. The first-order chi connectivity index (χ1) is 11.4. The summed E-state index contributed by atoms with van der Waals surface area (Å²) in [5.41, 5.74) is -0.846. The molecule has 0 aliphatic heterocycles.